The highest BCUT2D eigenvalue weighted by Crippen LogP contribution is 2.20. The molecule has 0 atom stereocenters. The van der Waals surface area contributed by atoms with E-state index in [9.17, 15) is 9.59 Å². The zero-order valence-corrected chi connectivity index (χ0v) is 13.2. The highest BCUT2D eigenvalue weighted by atomic mass is 79.9. The van der Waals surface area contributed by atoms with Crippen molar-refractivity contribution in [3.63, 3.8) is 0 Å². The Morgan fingerprint density at radius 1 is 1.32 bits per heavy atom. The van der Waals surface area contributed by atoms with E-state index in [0.29, 0.717) is 28.1 Å². The molecular weight excluding hydrogens is 332 g/mol. The van der Waals surface area contributed by atoms with E-state index in [4.69, 9.17) is 11.6 Å². The van der Waals surface area contributed by atoms with Crippen molar-refractivity contribution >= 4 is 39.3 Å². The van der Waals surface area contributed by atoms with Crippen LogP contribution in [-0.2, 0) is 4.79 Å². The maximum absolute atomic E-state index is 12.0. The summed E-state index contributed by atoms with van der Waals surface area (Å²) >= 11 is 9.12. The van der Waals surface area contributed by atoms with Crippen molar-refractivity contribution in [2.75, 3.05) is 19.6 Å². The molecule has 0 bridgehead atoms. The normalized spacial score (nSPS) is 10.1. The lowest BCUT2D eigenvalue weighted by Crippen LogP contribution is -2.40. The summed E-state index contributed by atoms with van der Waals surface area (Å²) in [5.41, 5.74) is 0.417. The van der Waals surface area contributed by atoms with E-state index in [1.54, 1.807) is 23.1 Å². The maximum Gasteiger partial charge on any atom is 0.252 e. The molecule has 104 valence electrons. The SMILES string of the molecule is CCN(CC)C(=O)CNC(=O)c1cc(Cl)ccc1Br. The minimum Gasteiger partial charge on any atom is -0.343 e. The van der Waals surface area contributed by atoms with Crippen molar-refractivity contribution in [2.45, 2.75) is 13.8 Å². The largest absolute Gasteiger partial charge is 0.343 e. The third kappa shape index (κ3) is 4.51. The van der Waals surface area contributed by atoms with Gasteiger partial charge in [-0.15, -0.1) is 0 Å². The van der Waals surface area contributed by atoms with E-state index >= 15 is 0 Å². The molecule has 0 saturated carbocycles. The molecule has 6 heteroatoms. The summed E-state index contributed by atoms with van der Waals surface area (Å²) in [7, 11) is 0. The van der Waals surface area contributed by atoms with E-state index in [-0.39, 0.29) is 18.4 Å². The minimum atomic E-state index is -0.324. The number of hydrogen-bond donors (Lipinski definition) is 1. The van der Waals surface area contributed by atoms with Gasteiger partial charge in [0.1, 0.15) is 0 Å². The lowest BCUT2D eigenvalue weighted by atomic mass is 10.2. The van der Waals surface area contributed by atoms with Crippen molar-refractivity contribution in [3.05, 3.63) is 33.3 Å². The Kier molecular flexibility index (Phi) is 6.31. The van der Waals surface area contributed by atoms with Gasteiger partial charge in [0.15, 0.2) is 0 Å². The predicted octanol–water partition coefficient (Wildman–Crippen LogP) is 2.70. The Morgan fingerprint density at radius 3 is 2.53 bits per heavy atom. The fourth-order valence-corrected chi connectivity index (χ4v) is 2.21. The molecule has 0 aliphatic heterocycles. The van der Waals surface area contributed by atoms with E-state index in [1.165, 1.54) is 0 Å². The van der Waals surface area contributed by atoms with Gasteiger partial charge in [0, 0.05) is 22.6 Å². The Labute approximate surface area is 126 Å². The number of carbonyl (C=O) groups is 2. The van der Waals surface area contributed by atoms with Crippen LogP contribution in [0.1, 0.15) is 24.2 Å². The van der Waals surface area contributed by atoms with Gasteiger partial charge in [0.25, 0.3) is 5.91 Å². The summed E-state index contributed by atoms with van der Waals surface area (Å²) < 4.78 is 0.643. The van der Waals surface area contributed by atoms with E-state index in [2.05, 4.69) is 21.2 Å². The summed E-state index contributed by atoms with van der Waals surface area (Å²) in [6.45, 7) is 5.05. The van der Waals surface area contributed by atoms with Crippen molar-refractivity contribution in [1.82, 2.24) is 10.2 Å². The molecule has 0 aliphatic carbocycles. The fraction of sp³-hybridized carbons (Fsp3) is 0.385. The number of rotatable bonds is 5. The molecule has 0 unspecified atom stereocenters. The molecular formula is C13H16BrClN2O2. The van der Waals surface area contributed by atoms with Crippen LogP contribution in [0.4, 0.5) is 0 Å². The van der Waals surface area contributed by atoms with E-state index in [0.717, 1.165) is 0 Å². The Morgan fingerprint density at radius 2 is 1.95 bits per heavy atom. The van der Waals surface area contributed by atoms with Crippen LogP contribution in [0.3, 0.4) is 0 Å². The molecule has 2 amide bonds. The highest BCUT2D eigenvalue weighted by molar-refractivity contribution is 9.10. The van der Waals surface area contributed by atoms with Gasteiger partial charge in [0.2, 0.25) is 5.91 Å². The topological polar surface area (TPSA) is 49.4 Å². The van der Waals surface area contributed by atoms with Crippen LogP contribution in [-0.4, -0.2) is 36.3 Å². The number of carbonyl (C=O) groups excluding carboxylic acids is 2. The number of hydrogen-bond acceptors (Lipinski definition) is 2. The summed E-state index contributed by atoms with van der Waals surface area (Å²) in [6, 6.07) is 4.94. The second-order valence-corrected chi connectivity index (χ2v) is 5.16. The molecule has 19 heavy (non-hydrogen) atoms. The summed E-state index contributed by atoms with van der Waals surface area (Å²) in [5, 5.41) is 3.07. The number of nitrogens with one attached hydrogen (secondary N) is 1. The summed E-state index contributed by atoms with van der Waals surface area (Å²) in [6.07, 6.45) is 0. The van der Waals surface area contributed by atoms with Gasteiger partial charge in [-0.3, -0.25) is 9.59 Å². The molecule has 1 aromatic rings. The first kappa shape index (κ1) is 16.0. The number of nitrogens with zero attached hydrogens (tertiary/aromatic N) is 1. The average Bonchev–Trinajstić information content (AvgIpc) is 2.40. The first-order valence-electron chi connectivity index (χ1n) is 6.00. The number of halogens is 2. The van der Waals surface area contributed by atoms with Crippen molar-refractivity contribution in [3.8, 4) is 0 Å². The number of benzene rings is 1. The minimum absolute atomic E-state index is 0.0144. The zero-order chi connectivity index (χ0) is 14.4. The molecule has 0 heterocycles. The molecule has 1 rings (SSSR count). The van der Waals surface area contributed by atoms with Gasteiger partial charge < -0.3 is 10.2 Å². The highest BCUT2D eigenvalue weighted by Gasteiger charge is 2.14. The van der Waals surface area contributed by atoms with Crippen molar-refractivity contribution < 1.29 is 9.59 Å². The van der Waals surface area contributed by atoms with Crippen molar-refractivity contribution in [1.29, 1.82) is 0 Å². The predicted molar refractivity (Wildman–Crippen MR) is 79.4 cm³/mol. The third-order valence-corrected chi connectivity index (χ3v) is 3.62. The first-order valence-corrected chi connectivity index (χ1v) is 7.17. The Hall–Kier alpha value is -1.07. The molecule has 0 fully saturated rings. The fourth-order valence-electron chi connectivity index (χ4n) is 1.61. The van der Waals surface area contributed by atoms with E-state index in [1.807, 2.05) is 13.8 Å². The molecule has 0 aromatic heterocycles. The summed E-state index contributed by atoms with van der Waals surface area (Å²) in [5.74, 6) is -0.425. The monoisotopic (exact) mass is 346 g/mol. The zero-order valence-electron chi connectivity index (χ0n) is 10.9. The lowest BCUT2D eigenvalue weighted by Gasteiger charge is -2.18. The van der Waals surface area contributed by atoms with Crippen molar-refractivity contribution in [2.24, 2.45) is 0 Å². The molecule has 1 aromatic carbocycles. The number of amides is 2. The van der Waals surface area contributed by atoms with Crippen LogP contribution < -0.4 is 5.32 Å². The first-order chi connectivity index (χ1) is 8.99. The van der Waals surface area contributed by atoms with Gasteiger partial charge in [-0.25, -0.2) is 0 Å². The molecule has 4 nitrogen and oxygen atoms in total. The molecule has 0 saturated heterocycles. The Bertz CT molecular complexity index is 476. The average molecular weight is 348 g/mol. The van der Waals surface area contributed by atoms with Gasteiger partial charge >= 0.3 is 0 Å². The maximum atomic E-state index is 12.0. The molecule has 1 N–H and O–H groups in total. The van der Waals surface area contributed by atoms with Gasteiger partial charge in [0.05, 0.1) is 12.1 Å². The van der Waals surface area contributed by atoms with Crippen LogP contribution in [0.25, 0.3) is 0 Å². The quantitative estimate of drug-likeness (QED) is 0.890. The third-order valence-electron chi connectivity index (χ3n) is 2.69. The van der Waals surface area contributed by atoms with Crippen LogP contribution in [0, 0.1) is 0 Å². The second kappa shape index (κ2) is 7.50. The standard InChI is InChI=1S/C13H16BrClN2O2/c1-3-17(4-2)12(18)8-16-13(19)10-7-9(15)5-6-11(10)14/h5-7H,3-4,8H2,1-2H3,(H,16,19). The number of likely N-dealkylation sites (N-methyl/N-ethyl adjacent to an activating group) is 1. The second-order valence-electron chi connectivity index (χ2n) is 3.87. The molecule has 0 aliphatic rings. The van der Waals surface area contributed by atoms with Crippen LogP contribution in [0.2, 0.25) is 5.02 Å². The van der Waals surface area contributed by atoms with Gasteiger partial charge in [-0.2, -0.15) is 0 Å². The smallest absolute Gasteiger partial charge is 0.252 e. The van der Waals surface area contributed by atoms with Gasteiger partial charge in [-0.05, 0) is 48.0 Å². The van der Waals surface area contributed by atoms with Gasteiger partial charge in [-0.1, -0.05) is 11.6 Å². The Balaban J connectivity index is 2.65. The van der Waals surface area contributed by atoms with Crippen LogP contribution in [0.15, 0.2) is 22.7 Å². The molecule has 0 spiro atoms. The van der Waals surface area contributed by atoms with Crippen LogP contribution >= 0.6 is 27.5 Å². The van der Waals surface area contributed by atoms with Crippen LogP contribution in [0.5, 0.6) is 0 Å². The lowest BCUT2D eigenvalue weighted by molar-refractivity contribution is -0.129. The summed E-state index contributed by atoms with van der Waals surface area (Å²) in [4.78, 5) is 25.4. The van der Waals surface area contributed by atoms with E-state index < -0.39 is 0 Å². The molecule has 0 radical (unpaired) electrons.